The number of rotatable bonds is 2. The molecule has 0 fully saturated rings. The number of nitrogens with two attached hydrogens (primary N) is 1. The summed E-state index contributed by atoms with van der Waals surface area (Å²) in [5.74, 6) is -0.177. The van der Waals surface area contributed by atoms with Gasteiger partial charge in [0.25, 0.3) is 5.91 Å². The van der Waals surface area contributed by atoms with Gasteiger partial charge in [0.1, 0.15) is 5.00 Å². The molecule has 0 aliphatic rings. The van der Waals surface area contributed by atoms with Crippen molar-refractivity contribution in [2.24, 2.45) is 0 Å². The molecule has 0 radical (unpaired) electrons. The van der Waals surface area contributed by atoms with Gasteiger partial charge in [-0.15, -0.1) is 5.10 Å². The number of amides is 1. The smallest absolute Gasteiger partial charge is 0.256 e. The van der Waals surface area contributed by atoms with Crippen molar-refractivity contribution in [3.8, 4) is 0 Å². The monoisotopic (exact) mass is 234 g/mol. The highest BCUT2D eigenvalue weighted by Crippen LogP contribution is 2.16. The molecule has 16 heavy (non-hydrogen) atoms. The molecule has 1 aromatic carbocycles. The van der Waals surface area contributed by atoms with Gasteiger partial charge in [-0.05, 0) is 30.7 Å². The van der Waals surface area contributed by atoms with Crippen molar-refractivity contribution in [3.05, 3.63) is 35.5 Å². The van der Waals surface area contributed by atoms with E-state index < -0.39 is 0 Å². The van der Waals surface area contributed by atoms with Gasteiger partial charge in [-0.2, -0.15) is 0 Å². The summed E-state index contributed by atoms with van der Waals surface area (Å²) in [4.78, 5) is 11.8. The molecule has 2 rings (SSSR count). The summed E-state index contributed by atoms with van der Waals surface area (Å²) in [5, 5.41) is 6.98. The van der Waals surface area contributed by atoms with Crippen LogP contribution in [0.2, 0.25) is 0 Å². The fourth-order valence-corrected chi connectivity index (χ4v) is 1.76. The number of aromatic nitrogens is 2. The maximum atomic E-state index is 11.8. The van der Waals surface area contributed by atoms with Crippen LogP contribution in [0.15, 0.2) is 24.4 Å². The maximum absolute atomic E-state index is 11.8. The van der Waals surface area contributed by atoms with Gasteiger partial charge in [0.15, 0.2) is 0 Å². The summed E-state index contributed by atoms with van der Waals surface area (Å²) < 4.78 is 3.66. The lowest BCUT2D eigenvalue weighted by molar-refractivity contribution is 0.102. The summed E-state index contributed by atoms with van der Waals surface area (Å²) >= 11 is 1.14. The molecule has 5 nitrogen and oxygen atoms in total. The molecule has 3 N–H and O–H groups in total. The number of hydrogen-bond donors (Lipinski definition) is 2. The predicted molar refractivity (Wildman–Crippen MR) is 63.5 cm³/mol. The van der Waals surface area contributed by atoms with Crippen LogP contribution in [-0.2, 0) is 0 Å². The number of hydrogen-bond acceptors (Lipinski definition) is 5. The van der Waals surface area contributed by atoms with Crippen molar-refractivity contribution in [1.29, 1.82) is 0 Å². The summed E-state index contributed by atoms with van der Waals surface area (Å²) in [6, 6.07) is 5.17. The van der Waals surface area contributed by atoms with Crippen LogP contribution in [-0.4, -0.2) is 15.5 Å². The van der Waals surface area contributed by atoms with E-state index >= 15 is 0 Å². The quantitative estimate of drug-likeness (QED) is 0.775. The second kappa shape index (κ2) is 4.28. The van der Waals surface area contributed by atoms with Gasteiger partial charge in [0.2, 0.25) is 0 Å². The molecule has 1 aromatic heterocycles. The fraction of sp³-hybridized carbons (Fsp3) is 0.100. The van der Waals surface area contributed by atoms with Gasteiger partial charge in [-0.25, -0.2) is 0 Å². The summed E-state index contributed by atoms with van der Waals surface area (Å²) in [7, 11) is 0. The van der Waals surface area contributed by atoms with E-state index in [1.54, 1.807) is 18.2 Å². The molecule has 82 valence electrons. The van der Waals surface area contributed by atoms with E-state index in [1.807, 2.05) is 6.92 Å². The van der Waals surface area contributed by atoms with Gasteiger partial charge in [0.05, 0.1) is 6.20 Å². The van der Waals surface area contributed by atoms with Gasteiger partial charge in [0, 0.05) is 22.8 Å². The Bertz CT molecular complexity index is 510. The Labute approximate surface area is 96.5 Å². The fourth-order valence-electron chi connectivity index (χ4n) is 1.34. The molecule has 2 aromatic rings. The van der Waals surface area contributed by atoms with Crippen LogP contribution in [0.25, 0.3) is 0 Å². The van der Waals surface area contributed by atoms with E-state index in [2.05, 4.69) is 14.9 Å². The van der Waals surface area contributed by atoms with E-state index in [9.17, 15) is 4.79 Å². The van der Waals surface area contributed by atoms with Crippen molar-refractivity contribution in [3.63, 3.8) is 0 Å². The first-order valence-corrected chi connectivity index (χ1v) is 5.39. The summed E-state index contributed by atoms with van der Waals surface area (Å²) in [6.07, 6.45) is 1.51. The highest BCUT2D eigenvalue weighted by Gasteiger charge is 2.10. The molecule has 1 amide bonds. The Morgan fingerprint density at radius 1 is 1.50 bits per heavy atom. The molecule has 0 aliphatic heterocycles. The second-order valence-corrected chi connectivity index (χ2v) is 4.10. The number of aryl methyl sites for hydroxylation is 1. The minimum atomic E-state index is -0.177. The first-order chi connectivity index (χ1) is 7.66. The van der Waals surface area contributed by atoms with Crippen LogP contribution < -0.4 is 11.1 Å². The first-order valence-electron chi connectivity index (χ1n) is 4.61. The van der Waals surface area contributed by atoms with Gasteiger partial charge < -0.3 is 11.1 Å². The Morgan fingerprint density at radius 2 is 2.31 bits per heavy atom. The highest BCUT2D eigenvalue weighted by molar-refractivity contribution is 7.10. The third-order valence-corrected chi connectivity index (χ3v) is 2.67. The lowest BCUT2D eigenvalue weighted by Gasteiger charge is -2.05. The largest absolute Gasteiger partial charge is 0.399 e. The number of anilines is 2. The zero-order valence-corrected chi connectivity index (χ0v) is 9.41. The second-order valence-electron chi connectivity index (χ2n) is 3.31. The standard InChI is InChI=1S/C10H10N4OS/c1-6-4-7(11)2-3-8(6)10(15)13-9-5-12-14-16-9/h2-5H,11H2,1H3,(H,13,15). The number of carbonyl (C=O) groups is 1. The maximum Gasteiger partial charge on any atom is 0.256 e. The molecule has 0 bridgehead atoms. The molecule has 0 saturated carbocycles. The Hall–Kier alpha value is -1.95. The van der Waals surface area contributed by atoms with Gasteiger partial charge in [-0.3, -0.25) is 4.79 Å². The number of nitrogen functional groups attached to an aromatic ring is 1. The van der Waals surface area contributed by atoms with Crippen LogP contribution in [0.1, 0.15) is 15.9 Å². The van der Waals surface area contributed by atoms with E-state index in [-0.39, 0.29) is 5.91 Å². The van der Waals surface area contributed by atoms with Gasteiger partial charge in [-0.1, -0.05) is 4.49 Å². The molecule has 0 saturated heterocycles. The highest BCUT2D eigenvalue weighted by atomic mass is 32.1. The molecular weight excluding hydrogens is 224 g/mol. The van der Waals surface area contributed by atoms with E-state index in [1.165, 1.54) is 6.20 Å². The zero-order valence-electron chi connectivity index (χ0n) is 8.60. The zero-order chi connectivity index (χ0) is 11.5. The average Bonchev–Trinajstić information content (AvgIpc) is 2.70. The van der Waals surface area contributed by atoms with Crippen LogP contribution in [0.5, 0.6) is 0 Å². The van der Waals surface area contributed by atoms with Crippen molar-refractivity contribution in [2.75, 3.05) is 11.1 Å². The molecular formula is C10H10N4OS. The lowest BCUT2D eigenvalue weighted by atomic mass is 10.1. The minimum absolute atomic E-state index is 0.177. The Morgan fingerprint density at radius 3 is 2.94 bits per heavy atom. The van der Waals surface area contributed by atoms with E-state index in [0.717, 1.165) is 17.1 Å². The number of nitrogens with one attached hydrogen (secondary N) is 1. The summed E-state index contributed by atoms with van der Waals surface area (Å²) in [6.45, 7) is 1.84. The Kier molecular flexibility index (Phi) is 2.82. The normalized spacial score (nSPS) is 10.1. The lowest BCUT2D eigenvalue weighted by Crippen LogP contribution is -2.12. The SMILES string of the molecule is Cc1cc(N)ccc1C(=O)Nc1cnns1. The third kappa shape index (κ3) is 2.17. The molecule has 0 unspecified atom stereocenters. The molecule has 0 spiro atoms. The van der Waals surface area contributed by atoms with Crippen molar-refractivity contribution in [2.45, 2.75) is 6.92 Å². The van der Waals surface area contributed by atoms with Crippen molar-refractivity contribution < 1.29 is 4.79 Å². The number of nitrogens with zero attached hydrogens (tertiary/aromatic N) is 2. The minimum Gasteiger partial charge on any atom is -0.399 e. The van der Waals surface area contributed by atoms with Crippen molar-refractivity contribution in [1.82, 2.24) is 9.59 Å². The van der Waals surface area contributed by atoms with Crippen LogP contribution in [0, 0.1) is 6.92 Å². The van der Waals surface area contributed by atoms with Gasteiger partial charge >= 0.3 is 0 Å². The molecule has 6 heteroatoms. The van der Waals surface area contributed by atoms with Crippen LogP contribution >= 0.6 is 11.5 Å². The molecule has 0 aliphatic carbocycles. The Balaban J connectivity index is 2.21. The number of benzene rings is 1. The van der Waals surface area contributed by atoms with E-state index in [0.29, 0.717) is 16.3 Å². The van der Waals surface area contributed by atoms with Crippen molar-refractivity contribution >= 4 is 28.1 Å². The average molecular weight is 234 g/mol. The third-order valence-electron chi connectivity index (χ3n) is 2.09. The van der Waals surface area contributed by atoms with Crippen LogP contribution in [0.4, 0.5) is 10.7 Å². The van der Waals surface area contributed by atoms with E-state index in [4.69, 9.17) is 5.73 Å². The topological polar surface area (TPSA) is 80.9 Å². The van der Waals surface area contributed by atoms with Crippen LogP contribution in [0.3, 0.4) is 0 Å². The first kappa shape index (κ1) is 10.6. The summed E-state index contributed by atoms with van der Waals surface area (Å²) in [5.41, 5.74) is 7.70. The predicted octanol–water partition coefficient (Wildman–Crippen LogP) is 1.68. The molecule has 1 heterocycles. The molecule has 0 atom stereocenters. The number of carbonyl (C=O) groups excluding carboxylic acids is 1.